The Kier molecular flexibility index (Phi) is 4.22. The van der Waals surface area contributed by atoms with Gasteiger partial charge in [0.1, 0.15) is 4.21 Å². The minimum atomic E-state index is -3.53. The summed E-state index contributed by atoms with van der Waals surface area (Å²) < 4.78 is 27.4. The molecule has 1 saturated carbocycles. The Balaban J connectivity index is 2.07. The molecule has 0 amide bonds. The quantitative estimate of drug-likeness (QED) is 0.872. The lowest BCUT2D eigenvalue weighted by Gasteiger charge is -2.17. The van der Waals surface area contributed by atoms with E-state index in [2.05, 4.69) is 18.6 Å². The molecule has 0 aliphatic heterocycles. The molecule has 1 aromatic heterocycles. The third kappa shape index (κ3) is 3.80. The lowest BCUT2D eigenvalue weighted by atomic mass is 9.92. The monoisotopic (exact) mass is 317 g/mol. The Morgan fingerprint density at radius 2 is 2.20 bits per heavy atom. The maximum Gasteiger partial charge on any atom is 0.308 e. The number of thiophene rings is 1. The van der Waals surface area contributed by atoms with E-state index in [1.165, 1.54) is 6.07 Å². The Morgan fingerprint density at radius 3 is 2.75 bits per heavy atom. The molecule has 1 fully saturated rings. The lowest BCUT2D eigenvalue weighted by Crippen LogP contribution is -2.33. The molecular formula is C13H19NO4S2. The van der Waals surface area contributed by atoms with E-state index in [1.807, 2.05) is 0 Å². The van der Waals surface area contributed by atoms with Crippen molar-refractivity contribution >= 4 is 27.3 Å². The van der Waals surface area contributed by atoms with Gasteiger partial charge in [0.2, 0.25) is 10.0 Å². The fraction of sp³-hybridized carbons (Fsp3) is 0.615. The van der Waals surface area contributed by atoms with Crippen molar-refractivity contribution in [3.63, 3.8) is 0 Å². The van der Waals surface area contributed by atoms with Gasteiger partial charge >= 0.3 is 5.97 Å². The van der Waals surface area contributed by atoms with E-state index in [1.54, 1.807) is 6.07 Å². The molecule has 0 radical (unpaired) electrons. The van der Waals surface area contributed by atoms with Crippen molar-refractivity contribution in [2.75, 3.05) is 0 Å². The third-order valence-electron chi connectivity index (χ3n) is 3.52. The predicted octanol–water partition coefficient (Wildman–Crippen LogP) is 2.23. The van der Waals surface area contributed by atoms with E-state index in [0.29, 0.717) is 4.88 Å². The van der Waals surface area contributed by atoms with Crippen LogP contribution in [0.15, 0.2) is 16.3 Å². The van der Waals surface area contributed by atoms with Gasteiger partial charge in [0.15, 0.2) is 0 Å². The number of hydrogen-bond acceptors (Lipinski definition) is 4. The topological polar surface area (TPSA) is 83.5 Å². The molecule has 2 rings (SSSR count). The van der Waals surface area contributed by atoms with Crippen LogP contribution in [0.4, 0.5) is 0 Å². The van der Waals surface area contributed by atoms with Crippen molar-refractivity contribution in [2.45, 2.75) is 49.8 Å². The van der Waals surface area contributed by atoms with E-state index in [-0.39, 0.29) is 22.1 Å². The van der Waals surface area contributed by atoms with E-state index in [9.17, 15) is 13.2 Å². The van der Waals surface area contributed by atoms with Crippen molar-refractivity contribution in [1.82, 2.24) is 4.72 Å². The molecule has 112 valence electrons. The second-order valence-corrected chi connectivity index (χ2v) is 9.13. The summed E-state index contributed by atoms with van der Waals surface area (Å²) >= 11 is 1.02. The maximum atomic E-state index is 12.3. The van der Waals surface area contributed by atoms with Crippen LogP contribution in [0.1, 0.15) is 38.0 Å². The molecule has 1 heterocycles. The van der Waals surface area contributed by atoms with Gasteiger partial charge in [-0.3, -0.25) is 4.79 Å². The summed E-state index contributed by atoms with van der Waals surface area (Å²) in [5.74, 6) is -0.957. The highest BCUT2D eigenvalue weighted by Crippen LogP contribution is 2.37. The molecule has 1 aliphatic rings. The third-order valence-corrected chi connectivity index (χ3v) is 6.62. The van der Waals surface area contributed by atoms with E-state index >= 15 is 0 Å². The Hall–Kier alpha value is -0.920. The molecule has 2 N–H and O–H groups in total. The summed E-state index contributed by atoms with van der Waals surface area (Å²) in [5, 5.41) is 8.71. The molecule has 0 spiro atoms. The first-order chi connectivity index (χ1) is 9.18. The lowest BCUT2D eigenvalue weighted by molar-refractivity contribution is -0.136. The number of carbonyl (C=O) groups is 1. The Labute approximate surface area is 123 Å². The van der Waals surface area contributed by atoms with Gasteiger partial charge in [-0.05, 0) is 36.8 Å². The molecule has 0 aromatic carbocycles. The Bertz CT molecular complexity index is 604. The molecule has 0 bridgehead atoms. The maximum absolute atomic E-state index is 12.3. The summed E-state index contributed by atoms with van der Waals surface area (Å²) in [7, 11) is -3.53. The van der Waals surface area contributed by atoms with Crippen LogP contribution in [-0.2, 0) is 21.2 Å². The van der Waals surface area contributed by atoms with Crippen LogP contribution in [-0.4, -0.2) is 25.5 Å². The van der Waals surface area contributed by atoms with Crippen LogP contribution in [0.25, 0.3) is 0 Å². The molecule has 1 unspecified atom stereocenters. The zero-order chi connectivity index (χ0) is 15.0. The van der Waals surface area contributed by atoms with Crippen molar-refractivity contribution in [3.8, 4) is 0 Å². The number of sulfonamides is 1. The second-order valence-electron chi connectivity index (χ2n) is 6.02. The molecule has 7 heteroatoms. The number of carboxylic acid groups (broad SMARTS) is 1. The number of aliphatic carboxylic acids is 1. The average molecular weight is 317 g/mol. The molecule has 1 aromatic rings. The smallest absolute Gasteiger partial charge is 0.308 e. The van der Waals surface area contributed by atoms with Gasteiger partial charge in [-0.25, -0.2) is 13.1 Å². The number of carboxylic acids is 1. The highest BCUT2D eigenvalue weighted by Gasteiger charge is 2.33. The van der Waals surface area contributed by atoms with Crippen LogP contribution >= 0.6 is 11.3 Å². The molecule has 20 heavy (non-hydrogen) atoms. The van der Waals surface area contributed by atoms with E-state index < -0.39 is 16.0 Å². The minimum Gasteiger partial charge on any atom is -0.481 e. The van der Waals surface area contributed by atoms with Gasteiger partial charge in [-0.1, -0.05) is 13.8 Å². The first-order valence-corrected chi connectivity index (χ1v) is 8.81. The normalized spacial score (nSPS) is 22.0. The summed E-state index contributed by atoms with van der Waals surface area (Å²) in [5.41, 5.74) is 0.178. The number of hydrogen-bond donors (Lipinski definition) is 2. The summed E-state index contributed by atoms with van der Waals surface area (Å²) in [6, 6.07) is 3.01. The van der Waals surface area contributed by atoms with E-state index in [4.69, 9.17) is 5.11 Å². The largest absolute Gasteiger partial charge is 0.481 e. The van der Waals surface area contributed by atoms with Crippen molar-refractivity contribution in [2.24, 2.45) is 5.41 Å². The molecule has 1 aliphatic carbocycles. The first-order valence-electron chi connectivity index (χ1n) is 6.51. The van der Waals surface area contributed by atoms with Crippen molar-refractivity contribution in [1.29, 1.82) is 0 Å². The van der Waals surface area contributed by atoms with Crippen LogP contribution in [0.3, 0.4) is 0 Å². The number of nitrogens with one attached hydrogen (secondary N) is 1. The zero-order valence-corrected chi connectivity index (χ0v) is 13.2. The summed E-state index contributed by atoms with van der Waals surface area (Å²) in [4.78, 5) is 11.2. The Morgan fingerprint density at radius 1 is 1.50 bits per heavy atom. The number of rotatable bonds is 5. The summed E-state index contributed by atoms with van der Waals surface area (Å²) in [6.07, 6.45) is 2.55. The van der Waals surface area contributed by atoms with Crippen LogP contribution in [0.2, 0.25) is 0 Å². The molecule has 1 atom stereocenters. The standard InChI is InChI=1S/C13H19NO4S2/c1-13(2)6-5-9(8-13)14-20(17,18)12-4-3-10(19-12)7-11(15)16/h3-4,9,14H,5-8H2,1-2H3,(H,15,16). The highest BCUT2D eigenvalue weighted by molar-refractivity contribution is 7.91. The van der Waals surface area contributed by atoms with Gasteiger partial charge in [0, 0.05) is 10.9 Å². The van der Waals surface area contributed by atoms with E-state index in [0.717, 1.165) is 30.6 Å². The zero-order valence-electron chi connectivity index (χ0n) is 11.5. The molecule has 5 nitrogen and oxygen atoms in total. The predicted molar refractivity (Wildman–Crippen MR) is 77.4 cm³/mol. The van der Waals surface area contributed by atoms with Gasteiger partial charge in [0.25, 0.3) is 0 Å². The second kappa shape index (κ2) is 5.46. The molecule has 0 saturated heterocycles. The van der Waals surface area contributed by atoms with Crippen LogP contribution in [0, 0.1) is 5.41 Å². The van der Waals surface area contributed by atoms with Gasteiger partial charge < -0.3 is 5.11 Å². The first kappa shape index (κ1) is 15.5. The van der Waals surface area contributed by atoms with Crippen molar-refractivity contribution < 1.29 is 18.3 Å². The van der Waals surface area contributed by atoms with Crippen molar-refractivity contribution in [3.05, 3.63) is 17.0 Å². The average Bonchev–Trinajstić information content (AvgIpc) is 2.84. The summed E-state index contributed by atoms with van der Waals surface area (Å²) in [6.45, 7) is 4.27. The SMILES string of the molecule is CC1(C)CCC(NS(=O)(=O)c2ccc(CC(=O)O)s2)C1. The highest BCUT2D eigenvalue weighted by atomic mass is 32.2. The minimum absolute atomic E-state index is 0.0278. The van der Waals surface area contributed by atoms with Gasteiger partial charge in [-0.2, -0.15) is 0 Å². The van der Waals surface area contributed by atoms with Gasteiger partial charge in [0.05, 0.1) is 6.42 Å². The fourth-order valence-corrected chi connectivity index (χ4v) is 5.19. The van der Waals surface area contributed by atoms with Gasteiger partial charge in [-0.15, -0.1) is 11.3 Å². The molecular weight excluding hydrogens is 298 g/mol. The fourth-order valence-electron chi connectivity index (χ4n) is 2.56. The van der Waals surface area contributed by atoms with Crippen LogP contribution < -0.4 is 4.72 Å². The van der Waals surface area contributed by atoms with Crippen LogP contribution in [0.5, 0.6) is 0 Å².